The van der Waals surface area contributed by atoms with Crippen molar-refractivity contribution in [3.8, 4) is 22.3 Å². The predicted molar refractivity (Wildman–Crippen MR) is 104 cm³/mol. The van der Waals surface area contributed by atoms with Crippen LogP contribution >= 0.6 is 0 Å². The fourth-order valence-electron chi connectivity index (χ4n) is 2.73. The van der Waals surface area contributed by atoms with E-state index in [1.807, 2.05) is 24.5 Å². The van der Waals surface area contributed by atoms with Crippen molar-refractivity contribution in [2.45, 2.75) is 0 Å². The summed E-state index contributed by atoms with van der Waals surface area (Å²) in [6, 6.07) is 25.6. The Labute approximate surface area is 150 Å². The van der Waals surface area contributed by atoms with Crippen molar-refractivity contribution in [3.05, 3.63) is 97.6 Å². The van der Waals surface area contributed by atoms with Crippen LogP contribution in [0.3, 0.4) is 0 Å². The molecule has 0 bridgehead atoms. The average molecular weight is 336 g/mol. The average Bonchev–Trinajstić information content (AvgIpc) is 2.71. The van der Waals surface area contributed by atoms with Crippen LogP contribution in [0, 0.1) is 0 Å². The van der Waals surface area contributed by atoms with Crippen LogP contribution in [-0.2, 0) is 0 Å². The SMILES string of the molecule is c1cncc(-c2ccc([Si]c3ccc(-c4cccnc4)cc3)cc2)c1. The minimum Gasteiger partial charge on any atom is -0.264 e. The van der Waals surface area contributed by atoms with Gasteiger partial charge in [-0.25, -0.2) is 0 Å². The standard InChI is InChI=1S/C22H16N2Si/c1-3-19(15-23-13-1)17-5-9-21(10-6-17)25-22-11-7-18(8-12-22)20-4-2-14-24-16-20/h1-16H. The molecule has 0 saturated carbocycles. The van der Waals surface area contributed by atoms with Gasteiger partial charge in [0, 0.05) is 24.8 Å². The van der Waals surface area contributed by atoms with E-state index >= 15 is 0 Å². The van der Waals surface area contributed by atoms with E-state index in [9.17, 15) is 0 Å². The minimum absolute atomic E-state index is 0.654. The van der Waals surface area contributed by atoms with Gasteiger partial charge in [-0.15, -0.1) is 0 Å². The first-order valence-electron chi connectivity index (χ1n) is 8.16. The van der Waals surface area contributed by atoms with Gasteiger partial charge < -0.3 is 0 Å². The highest BCUT2D eigenvalue weighted by Crippen LogP contribution is 2.17. The van der Waals surface area contributed by atoms with Crippen molar-refractivity contribution in [3.63, 3.8) is 0 Å². The highest BCUT2D eigenvalue weighted by molar-refractivity contribution is 6.67. The zero-order valence-electron chi connectivity index (χ0n) is 13.6. The van der Waals surface area contributed by atoms with Crippen LogP contribution in [0.5, 0.6) is 0 Å². The molecular formula is C22H16N2Si. The number of hydrogen-bond donors (Lipinski definition) is 0. The molecule has 118 valence electrons. The summed E-state index contributed by atoms with van der Waals surface area (Å²) in [5.74, 6) is 0. The fraction of sp³-hybridized carbons (Fsp3) is 0. The number of benzene rings is 2. The summed E-state index contributed by atoms with van der Waals surface area (Å²) in [6.07, 6.45) is 7.39. The van der Waals surface area contributed by atoms with Crippen molar-refractivity contribution >= 4 is 19.9 Å². The number of pyridine rings is 2. The molecule has 0 aliphatic rings. The van der Waals surface area contributed by atoms with E-state index in [2.05, 4.69) is 70.6 Å². The highest BCUT2D eigenvalue weighted by atomic mass is 28.2. The lowest BCUT2D eigenvalue weighted by Crippen LogP contribution is -2.26. The van der Waals surface area contributed by atoms with Crippen LogP contribution in [-0.4, -0.2) is 19.5 Å². The Hall–Kier alpha value is -3.04. The summed E-state index contributed by atoms with van der Waals surface area (Å²) in [5.41, 5.74) is 4.71. The summed E-state index contributed by atoms with van der Waals surface area (Å²) in [4.78, 5) is 8.36. The van der Waals surface area contributed by atoms with Crippen molar-refractivity contribution in [1.29, 1.82) is 0 Å². The van der Waals surface area contributed by atoms with Gasteiger partial charge in [0.2, 0.25) is 0 Å². The molecule has 3 heteroatoms. The maximum atomic E-state index is 4.18. The molecule has 0 saturated heterocycles. The van der Waals surface area contributed by atoms with Crippen LogP contribution in [0.25, 0.3) is 22.3 Å². The van der Waals surface area contributed by atoms with Gasteiger partial charge in [-0.2, -0.15) is 0 Å². The van der Waals surface area contributed by atoms with E-state index in [4.69, 9.17) is 0 Å². The zero-order valence-corrected chi connectivity index (χ0v) is 14.6. The van der Waals surface area contributed by atoms with Gasteiger partial charge >= 0.3 is 0 Å². The first-order valence-corrected chi connectivity index (χ1v) is 9.16. The van der Waals surface area contributed by atoms with Gasteiger partial charge in [0.1, 0.15) is 9.52 Å². The summed E-state index contributed by atoms with van der Waals surface area (Å²) < 4.78 is 0. The maximum Gasteiger partial charge on any atom is 0.121 e. The smallest absolute Gasteiger partial charge is 0.121 e. The molecule has 0 atom stereocenters. The monoisotopic (exact) mass is 336 g/mol. The Bertz CT molecular complexity index is 854. The molecular weight excluding hydrogens is 320 g/mol. The topological polar surface area (TPSA) is 25.8 Å². The molecule has 2 nitrogen and oxygen atoms in total. The molecule has 2 aromatic heterocycles. The third-order valence-corrected chi connectivity index (χ3v) is 5.29. The second-order valence-electron chi connectivity index (χ2n) is 5.76. The lowest BCUT2D eigenvalue weighted by molar-refractivity contribution is 1.33. The Morgan fingerprint density at radius 1 is 0.480 bits per heavy atom. The summed E-state index contributed by atoms with van der Waals surface area (Å²) >= 11 is 0. The van der Waals surface area contributed by atoms with Gasteiger partial charge in [-0.05, 0) is 34.4 Å². The molecule has 0 N–H and O–H groups in total. The van der Waals surface area contributed by atoms with Crippen molar-refractivity contribution in [2.75, 3.05) is 0 Å². The van der Waals surface area contributed by atoms with E-state index in [0.29, 0.717) is 9.52 Å². The lowest BCUT2D eigenvalue weighted by atomic mass is 10.1. The second-order valence-corrected chi connectivity index (χ2v) is 7.17. The van der Waals surface area contributed by atoms with Gasteiger partial charge in [0.05, 0.1) is 0 Å². The largest absolute Gasteiger partial charge is 0.264 e. The summed E-state index contributed by atoms with van der Waals surface area (Å²) in [6.45, 7) is 0. The number of aromatic nitrogens is 2. The van der Waals surface area contributed by atoms with E-state index in [-0.39, 0.29) is 0 Å². The van der Waals surface area contributed by atoms with Crippen LogP contribution in [0.4, 0.5) is 0 Å². The number of nitrogens with zero attached hydrogens (tertiary/aromatic N) is 2. The van der Waals surface area contributed by atoms with E-state index < -0.39 is 0 Å². The van der Waals surface area contributed by atoms with Crippen molar-refractivity contribution < 1.29 is 0 Å². The minimum atomic E-state index is 0.654. The van der Waals surface area contributed by atoms with Crippen molar-refractivity contribution in [1.82, 2.24) is 9.97 Å². The molecule has 4 aromatic rings. The third kappa shape index (κ3) is 3.73. The van der Waals surface area contributed by atoms with Crippen LogP contribution in [0.1, 0.15) is 0 Å². The van der Waals surface area contributed by atoms with Gasteiger partial charge in [-0.1, -0.05) is 71.0 Å². The Morgan fingerprint density at radius 2 is 0.920 bits per heavy atom. The fourth-order valence-corrected chi connectivity index (χ4v) is 3.73. The number of rotatable bonds is 4. The highest BCUT2D eigenvalue weighted by Gasteiger charge is 2.02. The molecule has 4 rings (SSSR count). The maximum absolute atomic E-state index is 4.18. The Morgan fingerprint density at radius 3 is 1.28 bits per heavy atom. The molecule has 2 radical (unpaired) electrons. The molecule has 2 heterocycles. The summed E-state index contributed by atoms with van der Waals surface area (Å²) in [5, 5.41) is 2.67. The van der Waals surface area contributed by atoms with Crippen LogP contribution in [0.15, 0.2) is 97.6 Å². The summed E-state index contributed by atoms with van der Waals surface area (Å²) in [7, 11) is 0.654. The van der Waals surface area contributed by atoms with Gasteiger partial charge in [0.15, 0.2) is 0 Å². The van der Waals surface area contributed by atoms with E-state index in [1.54, 1.807) is 12.4 Å². The molecule has 0 fully saturated rings. The van der Waals surface area contributed by atoms with Crippen LogP contribution < -0.4 is 10.4 Å². The molecule has 0 amide bonds. The zero-order chi connectivity index (χ0) is 16.9. The Balaban J connectivity index is 1.49. The first-order chi connectivity index (χ1) is 12.4. The molecule has 0 aliphatic heterocycles. The van der Waals surface area contributed by atoms with Gasteiger partial charge in [0.25, 0.3) is 0 Å². The Kier molecular flexibility index (Phi) is 4.48. The lowest BCUT2D eigenvalue weighted by Gasteiger charge is -2.05. The predicted octanol–water partition coefficient (Wildman–Crippen LogP) is 3.47. The quantitative estimate of drug-likeness (QED) is 0.533. The van der Waals surface area contributed by atoms with Gasteiger partial charge in [-0.3, -0.25) is 9.97 Å². The normalized spacial score (nSPS) is 10.6. The molecule has 0 aliphatic carbocycles. The third-order valence-electron chi connectivity index (χ3n) is 4.05. The first kappa shape index (κ1) is 15.5. The molecule has 25 heavy (non-hydrogen) atoms. The molecule has 0 spiro atoms. The molecule has 2 aromatic carbocycles. The number of hydrogen-bond acceptors (Lipinski definition) is 2. The van der Waals surface area contributed by atoms with Crippen LogP contribution in [0.2, 0.25) is 0 Å². The molecule has 0 unspecified atom stereocenters. The van der Waals surface area contributed by atoms with E-state index in [0.717, 1.165) is 11.1 Å². The van der Waals surface area contributed by atoms with E-state index in [1.165, 1.54) is 21.5 Å². The second kappa shape index (κ2) is 7.24. The van der Waals surface area contributed by atoms with Crippen molar-refractivity contribution in [2.24, 2.45) is 0 Å².